The summed E-state index contributed by atoms with van der Waals surface area (Å²) in [5.74, 6) is -0.600. The van der Waals surface area contributed by atoms with Crippen LogP contribution in [0.15, 0.2) is 34.9 Å². The Morgan fingerprint density at radius 1 is 1.35 bits per heavy atom. The van der Waals surface area contributed by atoms with E-state index in [1.54, 1.807) is 7.11 Å². The number of aromatic nitrogens is 1. The molecule has 0 amide bonds. The second kappa shape index (κ2) is 6.83. The topological polar surface area (TPSA) is 84.6 Å². The van der Waals surface area contributed by atoms with Crippen molar-refractivity contribution in [2.24, 2.45) is 0 Å². The highest BCUT2D eigenvalue weighted by molar-refractivity contribution is 5.85. The molecule has 0 atom stereocenters. The molecule has 0 spiro atoms. The molecule has 1 heterocycles. The van der Waals surface area contributed by atoms with E-state index < -0.39 is 5.97 Å². The molecular weight excluding hydrogens is 260 g/mol. The highest BCUT2D eigenvalue weighted by Crippen LogP contribution is 2.10. The SMILES string of the molecule is COCc1ccccc1CNCc1cc(C(=O)O)no1. The first-order chi connectivity index (χ1) is 9.70. The van der Waals surface area contributed by atoms with Crippen molar-refractivity contribution in [3.05, 3.63) is 52.9 Å². The average Bonchev–Trinajstić information content (AvgIpc) is 2.90. The number of carbonyl (C=O) groups is 1. The van der Waals surface area contributed by atoms with Crippen LogP contribution in [0.2, 0.25) is 0 Å². The minimum atomic E-state index is -1.09. The van der Waals surface area contributed by atoms with Gasteiger partial charge in [-0.25, -0.2) is 4.79 Å². The summed E-state index contributed by atoms with van der Waals surface area (Å²) in [5.41, 5.74) is 2.17. The molecule has 6 heteroatoms. The molecule has 2 rings (SSSR count). The van der Waals surface area contributed by atoms with Gasteiger partial charge in [-0.3, -0.25) is 0 Å². The van der Waals surface area contributed by atoms with E-state index in [9.17, 15) is 4.79 Å². The lowest BCUT2D eigenvalue weighted by molar-refractivity contribution is 0.0685. The standard InChI is InChI=1S/C14H16N2O4/c1-19-9-11-5-3-2-4-10(11)7-15-8-12-6-13(14(17)18)16-20-12/h2-6,15H,7-9H2,1H3,(H,17,18). The molecule has 0 bridgehead atoms. The quantitative estimate of drug-likeness (QED) is 0.802. The highest BCUT2D eigenvalue weighted by atomic mass is 16.5. The van der Waals surface area contributed by atoms with Gasteiger partial charge in [0.15, 0.2) is 11.5 Å². The van der Waals surface area contributed by atoms with Gasteiger partial charge in [0.1, 0.15) is 0 Å². The van der Waals surface area contributed by atoms with Crippen LogP contribution < -0.4 is 5.32 Å². The first kappa shape index (κ1) is 14.2. The summed E-state index contributed by atoms with van der Waals surface area (Å²) in [5, 5.41) is 15.4. The van der Waals surface area contributed by atoms with E-state index in [2.05, 4.69) is 10.5 Å². The summed E-state index contributed by atoms with van der Waals surface area (Å²) < 4.78 is 10.1. The number of nitrogens with one attached hydrogen (secondary N) is 1. The van der Waals surface area contributed by atoms with Crippen LogP contribution in [-0.2, 0) is 24.4 Å². The molecule has 106 valence electrons. The number of hydrogen-bond acceptors (Lipinski definition) is 5. The van der Waals surface area contributed by atoms with E-state index in [4.69, 9.17) is 14.4 Å². The minimum absolute atomic E-state index is 0.0819. The van der Waals surface area contributed by atoms with Gasteiger partial charge in [-0.05, 0) is 11.1 Å². The predicted octanol–water partition coefficient (Wildman–Crippen LogP) is 1.81. The zero-order valence-electron chi connectivity index (χ0n) is 11.1. The minimum Gasteiger partial charge on any atom is -0.476 e. The maximum atomic E-state index is 10.7. The van der Waals surface area contributed by atoms with Crippen LogP contribution in [0.5, 0.6) is 0 Å². The van der Waals surface area contributed by atoms with E-state index in [1.165, 1.54) is 6.07 Å². The van der Waals surface area contributed by atoms with E-state index in [0.717, 1.165) is 11.1 Å². The molecule has 0 aliphatic rings. The molecule has 0 aliphatic carbocycles. The lowest BCUT2D eigenvalue weighted by atomic mass is 10.1. The van der Waals surface area contributed by atoms with Crippen molar-refractivity contribution in [1.82, 2.24) is 10.5 Å². The average molecular weight is 276 g/mol. The zero-order valence-corrected chi connectivity index (χ0v) is 11.1. The summed E-state index contributed by atoms with van der Waals surface area (Å²) >= 11 is 0. The molecule has 1 aromatic carbocycles. The van der Waals surface area contributed by atoms with Gasteiger partial charge < -0.3 is 19.7 Å². The second-order valence-corrected chi connectivity index (χ2v) is 4.29. The van der Waals surface area contributed by atoms with Crippen LogP contribution in [0.25, 0.3) is 0 Å². The Hall–Kier alpha value is -2.18. The molecule has 1 aromatic heterocycles. The van der Waals surface area contributed by atoms with Crippen molar-refractivity contribution < 1.29 is 19.2 Å². The van der Waals surface area contributed by atoms with Gasteiger partial charge in [0.25, 0.3) is 0 Å². The number of ether oxygens (including phenoxy) is 1. The number of hydrogen-bond donors (Lipinski definition) is 2. The van der Waals surface area contributed by atoms with Gasteiger partial charge in [0.2, 0.25) is 0 Å². The van der Waals surface area contributed by atoms with Gasteiger partial charge in [-0.2, -0.15) is 0 Å². The third-order valence-corrected chi connectivity index (χ3v) is 2.81. The Balaban J connectivity index is 1.90. The predicted molar refractivity (Wildman–Crippen MR) is 71.2 cm³/mol. The van der Waals surface area contributed by atoms with Crippen LogP contribution in [-0.4, -0.2) is 23.3 Å². The number of carboxylic acid groups (broad SMARTS) is 1. The number of aromatic carboxylic acids is 1. The Bertz CT molecular complexity index is 580. The molecule has 0 fully saturated rings. The molecular formula is C14H16N2O4. The summed E-state index contributed by atoms with van der Waals surface area (Å²) in [7, 11) is 1.66. The van der Waals surface area contributed by atoms with Crippen molar-refractivity contribution in [2.75, 3.05) is 7.11 Å². The third kappa shape index (κ3) is 3.66. The lowest BCUT2D eigenvalue weighted by Gasteiger charge is -2.08. The zero-order chi connectivity index (χ0) is 14.4. The van der Waals surface area contributed by atoms with Gasteiger partial charge in [0, 0.05) is 19.7 Å². The summed E-state index contributed by atoms with van der Waals surface area (Å²) in [6.07, 6.45) is 0. The van der Waals surface area contributed by atoms with E-state index in [1.807, 2.05) is 24.3 Å². The molecule has 2 N–H and O–H groups in total. The lowest BCUT2D eigenvalue weighted by Crippen LogP contribution is -2.13. The summed E-state index contributed by atoms with van der Waals surface area (Å²) in [6, 6.07) is 9.37. The first-order valence-corrected chi connectivity index (χ1v) is 6.16. The summed E-state index contributed by atoms with van der Waals surface area (Å²) in [4.78, 5) is 10.7. The fraction of sp³-hybridized carbons (Fsp3) is 0.286. The van der Waals surface area contributed by atoms with Crippen LogP contribution in [0, 0.1) is 0 Å². The van der Waals surface area contributed by atoms with Crippen molar-refractivity contribution in [2.45, 2.75) is 19.7 Å². The number of nitrogens with zero attached hydrogens (tertiary/aromatic N) is 1. The number of carboxylic acids is 1. The molecule has 0 saturated carbocycles. The number of methoxy groups -OCH3 is 1. The van der Waals surface area contributed by atoms with Gasteiger partial charge in [0.05, 0.1) is 13.2 Å². The molecule has 0 unspecified atom stereocenters. The van der Waals surface area contributed by atoms with E-state index >= 15 is 0 Å². The maximum absolute atomic E-state index is 10.7. The number of rotatable bonds is 7. The molecule has 0 radical (unpaired) electrons. The van der Waals surface area contributed by atoms with Crippen LogP contribution in [0.4, 0.5) is 0 Å². The molecule has 2 aromatic rings. The molecule has 0 aliphatic heterocycles. The van der Waals surface area contributed by atoms with Crippen LogP contribution >= 0.6 is 0 Å². The Morgan fingerprint density at radius 3 is 2.75 bits per heavy atom. The molecule has 6 nitrogen and oxygen atoms in total. The van der Waals surface area contributed by atoms with Gasteiger partial charge in [-0.15, -0.1) is 0 Å². The third-order valence-electron chi connectivity index (χ3n) is 2.81. The van der Waals surface area contributed by atoms with Crippen molar-refractivity contribution in [3.8, 4) is 0 Å². The monoisotopic (exact) mass is 276 g/mol. The summed E-state index contributed by atoms with van der Waals surface area (Å²) in [6.45, 7) is 1.62. The fourth-order valence-corrected chi connectivity index (χ4v) is 1.84. The van der Waals surface area contributed by atoms with E-state index in [-0.39, 0.29) is 5.69 Å². The largest absolute Gasteiger partial charge is 0.476 e. The first-order valence-electron chi connectivity index (χ1n) is 6.16. The van der Waals surface area contributed by atoms with Gasteiger partial charge in [-0.1, -0.05) is 29.4 Å². The van der Waals surface area contributed by atoms with Gasteiger partial charge >= 0.3 is 5.97 Å². The fourth-order valence-electron chi connectivity index (χ4n) is 1.84. The molecule has 0 saturated heterocycles. The van der Waals surface area contributed by atoms with Crippen LogP contribution in [0.1, 0.15) is 27.4 Å². The highest BCUT2D eigenvalue weighted by Gasteiger charge is 2.10. The van der Waals surface area contributed by atoms with E-state index in [0.29, 0.717) is 25.5 Å². The maximum Gasteiger partial charge on any atom is 0.358 e. The Morgan fingerprint density at radius 2 is 2.10 bits per heavy atom. The normalized spacial score (nSPS) is 10.7. The molecule has 20 heavy (non-hydrogen) atoms. The van der Waals surface area contributed by atoms with Crippen molar-refractivity contribution in [1.29, 1.82) is 0 Å². The second-order valence-electron chi connectivity index (χ2n) is 4.29. The van der Waals surface area contributed by atoms with Crippen molar-refractivity contribution >= 4 is 5.97 Å². The number of benzene rings is 1. The Labute approximate surface area is 116 Å². The van der Waals surface area contributed by atoms with Crippen LogP contribution in [0.3, 0.4) is 0 Å². The smallest absolute Gasteiger partial charge is 0.358 e. The van der Waals surface area contributed by atoms with Crippen molar-refractivity contribution in [3.63, 3.8) is 0 Å². The Kier molecular flexibility index (Phi) is 4.86.